The number of aromatic nitrogens is 2. The molecular weight excluding hydrogens is 276 g/mol. The van der Waals surface area contributed by atoms with Gasteiger partial charge in [-0.1, -0.05) is 30.7 Å². The Bertz CT molecular complexity index is 596. The molecule has 0 aliphatic heterocycles. The molecule has 1 aromatic heterocycles. The maximum Gasteiger partial charge on any atom is 0.163 e. The van der Waals surface area contributed by atoms with Crippen LogP contribution in [0.25, 0.3) is 0 Å². The zero-order chi connectivity index (χ0) is 14.7. The monoisotopic (exact) mass is 294 g/mol. The van der Waals surface area contributed by atoms with E-state index in [1.54, 1.807) is 18.0 Å². The van der Waals surface area contributed by atoms with E-state index in [9.17, 15) is 5.11 Å². The van der Waals surface area contributed by atoms with Crippen molar-refractivity contribution in [3.8, 4) is 5.75 Å². The van der Waals surface area contributed by atoms with Crippen molar-refractivity contribution in [3.63, 3.8) is 0 Å². The summed E-state index contributed by atoms with van der Waals surface area (Å²) in [5, 5.41) is 15.6. The van der Waals surface area contributed by atoms with Crippen LogP contribution in [0.3, 0.4) is 0 Å². The van der Waals surface area contributed by atoms with Crippen LogP contribution in [0.2, 0.25) is 5.02 Å². The second kappa shape index (κ2) is 6.29. The Hall–Kier alpha value is -1.52. The fourth-order valence-electron chi connectivity index (χ4n) is 2.27. The second-order valence-corrected chi connectivity index (χ2v) is 5.09. The lowest BCUT2D eigenvalue weighted by Gasteiger charge is -2.17. The molecule has 1 atom stereocenters. The van der Waals surface area contributed by atoms with E-state index in [0.717, 1.165) is 24.1 Å². The molecule has 0 bridgehead atoms. The van der Waals surface area contributed by atoms with Crippen LogP contribution in [0.5, 0.6) is 5.75 Å². The van der Waals surface area contributed by atoms with E-state index in [0.29, 0.717) is 16.5 Å². The molecule has 5 heteroatoms. The van der Waals surface area contributed by atoms with Crippen molar-refractivity contribution in [1.82, 2.24) is 9.78 Å². The van der Waals surface area contributed by atoms with E-state index in [1.165, 1.54) is 0 Å². The van der Waals surface area contributed by atoms with Gasteiger partial charge in [-0.3, -0.25) is 4.68 Å². The van der Waals surface area contributed by atoms with Gasteiger partial charge in [0.05, 0.1) is 13.3 Å². The van der Waals surface area contributed by atoms with E-state index in [1.807, 2.05) is 25.1 Å². The summed E-state index contributed by atoms with van der Waals surface area (Å²) in [4.78, 5) is 0. The quantitative estimate of drug-likeness (QED) is 0.920. The van der Waals surface area contributed by atoms with Crippen molar-refractivity contribution in [2.24, 2.45) is 0 Å². The smallest absolute Gasteiger partial charge is 0.163 e. The van der Waals surface area contributed by atoms with Crippen LogP contribution >= 0.6 is 11.6 Å². The zero-order valence-electron chi connectivity index (χ0n) is 11.9. The minimum absolute atomic E-state index is 0.588. The average molecular weight is 295 g/mol. The number of benzene rings is 1. The number of hydrogen-bond acceptors (Lipinski definition) is 3. The molecule has 2 aromatic rings. The maximum atomic E-state index is 10.7. The maximum absolute atomic E-state index is 10.7. The topological polar surface area (TPSA) is 47.3 Å². The summed E-state index contributed by atoms with van der Waals surface area (Å²) in [6, 6.07) is 5.52. The Morgan fingerprint density at radius 1 is 1.45 bits per heavy atom. The minimum atomic E-state index is -0.808. The first-order valence-corrected chi connectivity index (χ1v) is 7.00. The molecular formula is C15H19ClN2O2. The van der Waals surface area contributed by atoms with Gasteiger partial charge in [0.2, 0.25) is 0 Å². The molecule has 20 heavy (non-hydrogen) atoms. The number of methoxy groups -OCH3 is 1. The Balaban J connectivity index is 2.49. The Labute approximate surface area is 123 Å². The summed E-state index contributed by atoms with van der Waals surface area (Å²) in [7, 11) is 1.58. The Morgan fingerprint density at radius 2 is 2.20 bits per heavy atom. The van der Waals surface area contributed by atoms with Crippen LogP contribution < -0.4 is 4.74 Å². The van der Waals surface area contributed by atoms with Gasteiger partial charge < -0.3 is 9.84 Å². The lowest BCUT2D eigenvalue weighted by atomic mass is 10.0. The standard InChI is InChI=1S/C15H19ClN2O2/c1-4-8-18-14(13(20-3)9-17-18)15(19)11-6-5-7-12(16)10(11)2/h5-7,9,15,19H,4,8H2,1-3H3. The number of rotatable bonds is 5. The van der Waals surface area contributed by atoms with Crippen LogP contribution in [0, 0.1) is 6.92 Å². The van der Waals surface area contributed by atoms with Crippen molar-refractivity contribution < 1.29 is 9.84 Å². The molecule has 1 unspecified atom stereocenters. The van der Waals surface area contributed by atoms with E-state index >= 15 is 0 Å². The first kappa shape index (κ1) is 14.9. The molecule has 0 amide bonds. The van der Waals surface area contributed by atoms with Gasteiger partial charge in [-0.15, -0.1) is 0 Å². The molecule has 4 nitrogen and oxygen atoms in total. The molecule has 0 spiro atoms. The van der Waals surface area contributed by atoms with Crippen LogP contribution in [0.15, 0.2) is 24.4 Å². The zero-order valence-corrected chi connectivity index (χ0v) is 12.7. The third kappa shape index (κ3) is 2.67. The number of halogens is 1. The second-order valence-electron chi connectivity index (χ2n) is 4.68. The normalized spacial score (nSPS) is 12.4. The Morgan fingerprint density at radius 3 is 2.85 bits per heavy atom. The summed E-state index contributed by atoms with van der Waals surface area (Å²) in [5.41, 5.74) is 2.31. The number of ether oxygens (including phenoxy) is 1. The number of hydrogen-bond donors (Lipinski definition) is 1. The third-order valence-corrected chi connectivity index (χ3v) is 3.77. The predicted molar refractivity (Wildman–Crippen MR) is 79.3 cm³/mol. The SMILES string of the molecule is CCCn1ncc(OC)c1C(O)c1cccc(Cl)c1C. The summed E-state index contributed by atoms with van der Waals surface area (Å²) in [6.45, 7) is 4.69. The van der Waals surface area contributed by atoms with Gasteiger partial charge in [0.25, 0.3) is 0 Å². The summed E-state index contributed by atoms with van der Waals surface area (Å²) < 4.78 is 7.09. The molecule has 0 fully saturated rings. The van der Waals surface area contributed by atoms with Gasteiger partial charge in [-0.2, -0.15) is 5.10 Å². The number of aliphatic hydroxyl groups excluding tert-OH is 1. The van der Waals surface area contributed by atoms with Crippen molar-refractivity contribution in [2.45, 2.75) is 32.9 Å². The fourth-order valence-corrected chi connectivity index (χ4v) is 2.45. The van der Waals surface area contributed by atoms with Gasteiger partial charge in [-0.25, -0.2) is 0 Å². The van der Waals surface area contributed by atoms with Crippen LogP contribution in [-0.2, 0) is 6.54 Å². The molecule has 1 N–H and O–H groups in total. The van der Waals surface area contributed by atoms with Gasteiger partial charge in [0, 0.05) is 11.6 Å². The molecule has 0 saturated heterocycles. The molecule has 1 heterocycles. The third-order valence-electron chi connectivity index (χ3n) is 3.36. The lowest BCUT2D eigenvalue weighted by molar-refractivity contribution is 0.201. The highest BCUT2D eigenvalue weighted by atomic mass is 35.5. The fraction of sp³-hybridized carbons (Fsp3) is 0.400. The predicted octanol–water partition coefficient (Wildman–Crippen LogP) is 3.35. The van der Waals surface area contributed by atoms with Crippen molar-refractivity contribution >= 4 is 11.6 Å². The van der Waals surface area contributed by atoms with E-state index in [4.69, 9.17) is 16.3 Å². The van der Waals surface area contributed by atoms with Crippen molar-refractivity contribution in [2.75, 3.05) is 7.11 Å². The summed E-state index contributed by atoms with van der Waals surface area (Å²) in [6.07, 6.45) is 1.75. The molecule has 0 aliphatic rings. The van der Waals surface area contributed by atoms with Crippen molar-refractivity contribution in [3.05, 3.63) is 46.2 Å². The highest BCUT2D eigenvalue weighted by Gasteiger charge is 2.23. The molecule has 108 valence electrons. The summed E-state index contributed by atoms with van der Waals surface area (Å²) >= 11 is 6.13. The lowest BCUT2D eigenvalue weighted by Crippen LogP contribution is -2.12. The molecule has 0 aliphatic carbocycles. The average Bonchev–Trinajstić information content (AvgIpc) is 2.84. The van der Waals surface area contributed by atoms with Gasteiger partial charge >= 0.3 is 0 Å². The van der Waals surface area contributed by atoms with Gasteiger partial charge in [0.1, 0.15) is 11.8 Å². The first-order chi connectivity index (χ1) is 9.60. The Kier molecular flexibility index (Phi) is 4.68. The highest BCUT2D eigenvalue weighted by molar-refractivity contribution is 6.31. The van der Waals surface area contributed by atoms with E-state index in [-0.39, 0.29) is 0 Å². The van der Waals surface area contributed by atoms with E-state index < -0.39 is 6.10 Å². The first-order valence-electron chi connectivity index (χ1n) is 6.62. The highest BCUT2D eigenvalue weighted by Crippen LogP contribution is 2.33. The van der Waals surface area contributed by atoms with Crippen LogP contribution in [-0.4, -0.2) is 22.0 Å². The van der Waals surface area contributed by atoms with Gasteiger partial charge in [0.15, 0.2) is 5.75 Å². The van der Waals surface area contributed by atoms with Crippen LogP contribution in [0.1, 0.15) is 36.3 Å². The van der Waals surface area contributed by atoms with Gasteiger partial charge in [-0.05, 0) is 30.5 Å². The number of nitrogens with zero attached hydrogens (tertiary/aromatic N) is 2. The van der Waals surface area contributed by atoms with Crippen molar-refractivity contribution in [1.29, 1.82) is 0 Å². The molecule has 2 rings (SSSR count). The molecule has 1 aromatic carbocycles. The summed E-state index contributed by atoms with van der Waals surface area (Å²) in [5.74, 6) is 0.588. The van der Waals surface area contributed by atoms with E-state index in [2.05, 4.69) is 12.0 Å². The number of aryl methyl sites for hydroxylation is 1. The molecule has 0 radical (unpaired) electrons. The number of aliphatic hydroxyl groups is 1. The minimum Gasteiger partial charge on any atom is -0.493 e. The largest absolute Gasteiger partial charge is 0.493 e. The van der Waals surface area contributed by atoms with Crippen LogP contribution in [0.4, 0.5) is 0 Å². The molecule has 0 saturated carbocycles.